The van der Waals surface area contributed by atoms with Crippen molar-refractivity contribution in [2.45, 2.75) is 20.3 Å². The molecule has 3 aliphatic rings. The van der Waals surface area contributed by atoms with Crippen molar-refractivity contribution < 1.29 is 9.53 Å². The predicted octanol–water partition coefficient (Wildman–Crippen LogP) is 2.28. The molecule has 2 bridgehead atoms. The summed E-state index contributed by atoms with van der Waals surface area (Å²) in [5, 5.41) is 0. The molecule has 0 aromatic rings. The summed E-state index contributed by atoms with van der Waals surface area (Å²) in [5.41, 5.74) is 0.130. The molecule has 0 saturated heterocycles. The molecule has 0 heterocycles. The number of hydrogen-bond donors (Lipinski definition) is 0. The van der Waals surface area contributed by atoms with E-state index in [0.717, 1.165) is 5.76 Å². The van der Waals surface area contributed by atoms with E-state index in [1.165, 1.54) is 13.3 Å². The Hall–Kier alpha value is -1.05. The second-order valence-corrected chi connectivity index (χ2v) is 4.71. The van der Waals surface area contributed by atoms with Crippen LogP contribution in [0.15, 0.2) is 24.0 Å². The molecule has 0 aromatic heterocycles. The van der Waals surface area contributed by atoms with Crippen LogP contribution in [0.25, 0.3) is 0 Å². The summed E-state index contributed by atoms with van der Waals surface area (Å²) >= 11 is 0. The van der Waals surface area contributed by atoms with E-state index < -0.39 is 0 Å². The number of carbonyl (C=O) groups is 1. The summed E-state index contributed by atoms with van der Waals surface area (Å²) in [6.07, 6.45) is 7.99. The molecule has 3 rings (SSSR count). The van der Waals surface area contributed by atoms with Gasteiger partial charge in [-0.05, 0) is 30.3 Å². The van der Waals surface area contributed by atoms with Crippen LogP contribution in [0.3, 0.4) is 0 Å². The van der Waals surface area contributed by atoms with E-state index in [2.05, 4.69) is 25.2 Å². The van der Waals surface area contributed by atoms with Crippen molar-refractivity contribution in [2.24, 2.45) is 23.2 Å². The van der Waals surface area contributed by atoms with E-state index in [-0.39, 0.29) is 11.4 Å². The zero-order chi connectivity index (χ0) is 9.92. The van der Waals surface area contributed by atoms with Crippen molar-refractivity contribution in [1.82, 2.24) is 0 Å². The normalized spacial score (nSPS) is 47.0. The minimum atomic E-state index is -0.188. The Morgan fingerprint density at radius 1 is 1.57 bits per heavy atom. The van der Waals surface area contributed by atoms with Crippen LogP contribution in [0.5, 0.6) is 0 Å². The Balaban J connectivity index is 1.83. The standard InChI is InChI=1S/C12H14O2/c1-7-9-3-4-10(5-9)12(7)6-11(12)14-8(2)13/h3-4,6-7,9-10H,5H2,1-2H3/t7-,9?,10?,12-/m0/s1. The van der Waals surface area contributed by atoms with Gasteiger partial charge in [0, 0.05) is 6.92 Å². The summed E-state index contributed by atoms with van der Waals surface area (Å²) in [6, 6.07) is 0. The van der Waals surface area contributed by atoms with Gasteiger partial charge in [-0.1, -0.05) is 19.1 Å². The molecule has 0 N–H and O–H groups in total. The van der Waals surface area contributed by atoms with E-state index in [1.54, 1.807) is 0 Å². The first-order valence-electron chi connectivity index (χ1n) is 5.24. The van der Waals surface area contributed by atoms with Crippen LogP contribution in [-0.2, 0) is 9.53 Å². The van der Waals surface area contributed by atoms with Crippen LogP contribution in [0.1, 0.15) is 20.3 Å². The summed E-state index contributed by atoms with van der Waals surface area (Å²) in [7, 11) is 0. The van der Waals surface area contributed by atoms with Gasteiger partial charge in [0.05, 0.1) is 5.41 Å². The third-order valence-corrected chi connectivity index (χ3v) is 4.09. The Labute approximate surface area is 83.6 Å². The number of carbonyl (C=O) groups excluding carboxylic acids is 1. The lowest BCUT2D eigenvalue weighted by Crippen LogP contribution is -2.22. The highest BCUT2D eigenvalue weighted by molar-refractivity contribution is 5.69. The fourth-order valence-corrected chi connectivity index (χ4v) is 3.24. The fourth-order valence-electron chi connectivity index (χ4n) is 3.24. The molecular weight excluding hydrogens is 176 g/mol. The second-order valence-electron chi connectivity index (χ2n) is 4.71. The first-order chi connectivity index (χ1) is 6.64. The summed E-state index contributed by atoms with van der Waals surface area (Å²) in [6.45, 7) is 3.74. The molecule has 1 saturated carbocycles. The molecular formula is C12H14O2. The Morgan fingerprint density at radius 2 is 2.36 bits per heavy atom. The van der Waals surface area contributed by atoms with Gasteiger partial charge in [0.25, 0.3) is 0 Å². The van der Waals surface area contributed by atoms with E-state index in [4.69, 9.17) is 4.74 Å². The average molecular weight is 190 g/mol. The van der Waals surface area contributed by atoms with Crippen LogP contribution in [0.4, 0.5) is 0 Å². The molecule has 1 spiro atoms. The Kier molecular flexibility index (Phi) is 1.36. The zero-order valence-electron chi connectivity index (χ0n) is 8.49. The summed E-state index contributed by atoms with van der Waals surface area (Å²) < 4.78 is 5.21. The van der Waals surface area contributed by atoms with Gasteiger partial charge in [-0.3, -0.25) is 4.79 Å². The maximum atomic E-state index is 10.9. The van der Waals surface area contributed by atoms with Crippen molar-refractivity contribution in [3.63, 3.8) is 0 Å². The van der Waals surface area contributed by atoms with Gasteiger partial charge in [0.2, 0.25) is 0 Å². The van der Waals surface area contributed by atoms with Crippen LogP contribution in [0.2, 0.25) is 0 Å². The van der Waals surface area contributed by atoms with Crippen LogP contribution in [-0.4, -0.2) is 5.97 Å². The molecule has 2 unspecified atom stereocenters. The van der Waals surface area contributed by atoms with Gasteiger partial charge in [-0.2, -0.15) is 0 Å². The SMILES string of the molecule is CC(=O)OC1=C[C@]12C1C=CC(C1)[C@@H]2C. The van der Waals surface area contributed by atoms with Crippen molar-refractivity contribution in [3.05, 3.63) is 24.0 Å². The zero-order valence-corrected chi connectivity index (χ0v) is 8.49. The number of allylic oxidation sites excluding steroid dienone is 4. The molecule has 0 aliphatic heterocycles. The van der Waals surface area contributed by atoms with Crippen LogP contribution in [0, 0.1) is 23.2 Å². The van der Waals surface area contributed by atoms with Gasteiger partial charge in [0.1, 0.15) is 5.76 Å². The highest BCUT2D eigenvalue weighted by atomic mass is 16.5. The highest BCUT2D eigenvalue weighted by Crippen LogP contribution is 2.67. The fraction of sp³-hybridized carbons (Fsp3) is 0.583. The summed E-state index contributed by atoms with van der Waals surface area (Å²) in [5.74, 6) is 2.65. The molecule has 3 aliphatic carbocycles. The van der Waals surface area contributed by atoms with Crippen molar-refractivity contribution in [2.75, 3.05) is 0 Å². The quantitative estimate of drug-likeness (QED) is 0.468. The van der Waals surface area contributed by atoms with E-state index in [0.29, 0.717) is 17.8 Å². The van der Waals surface area contributed by atoms with Gasteiger partial charge < -0.3 is 4.74 Å². The molecule has 14 heavy (non-hydrogen) atoms. The van der Waals surface area contributed by atoms with Gasteiger partial charge >= 0.3 is 5.97 Å². The third kappa shape index (κ3) is 0.794. The maximum absolute atomic E-state index is 10.9. The predicted molar refractivity (Wildman–Crippen MR) is 52.2 cm³/mol. The largest absolute Gasteiger partial charge is 0.431 e. The lowest BCUT2D eigenvalue weighted by Gasteiger charge is -2.25. The average Bonchev–Trinajstić information content (AvgIpc) is 2.58. The number of esters is 1. The van der Waals surface area contributed by atoms with Crippen LogP contribution < -0.4 is 0 Å². The highest BCUT2D eigenvalue weighted by Gasteiger charge is 2.63. The monoisotopic (exact) mass is 190 g/mol. The van der Waals surface area contributed by atoms with Crippen molar-refractivity contribution >= 4 is 5.97 Å². The number of hydrogen-bond acceptors (Lipinski definition) is 2. The van der Waals surface area contributed by atoms with Gasteiger partial charge in [-0.25, -0.2) is 0 Å². The van der Waals surface area contributed by atoms with Gasteiger partial charge in [-0.15, -0.1) is 0 Å². The van der Waals surface area contributed by atoms with E-state index in [9.17, 15) is 4.79 Å². The van der Waals surface area contributed by atoms with E-state index in [1.807, 2.05) is 0 Å². The Morgan fingerprint density at radius 3 is 2.93 bits per heavy atom. The lowest BCUT2D eigenvalue weighted by atomic mass is 9.79. The summed E-state index contributed by atoms with van der Waals surface area (Å²) in [4.78, 5) is 10.9. The molecule has 2 heteroatoms. The smallest absolute Gasteiger partial charge is 0.307 e. The molecule has 0 aromatic carbocycles. The van der Waals surface area contributed by atoms with Crippen molar-refractivity contribution in [3.8, 4) is 0 Å². The minimum absolute atomic E-state index is 0.130. The van der Waals surface area contributed by atoms with Crippen LogP contribution >= 0.6 is 0 Å². The number of rotatable bonds is 1. The molecule has 0 amide bonds. The number of ether oxygens (including phenoxy) is 1. The Bertz CT molecular complexity index is 367. The third-order valence-electron chi connectivity index (χ3n) is 4.09. The second kappa shape index (κ2) is 2.30. The first-order valence-corrected chi connectivity index (χ1v) is 5.24. The topological polar surface area (TPSA) is 26.3 Å². The van der Waals surface area contributed by atoms with Gasteiger partial charge in [0.15, 0.2) is 0 Å². The minimum Gasteiger partial charge on any atom is -0.431 e. The lowest BCUT2D eigenvalue weighted by molar-refractivity contribution is -0.137. The van der Waals surface area contributed by atoms with Crippen molar-refractivity contribution in [1.29, 1.82) is 0 Å². The first kappa shape index (κ1) is 8.27. The number of fused-ring (bicyclic) bond motifs is 3. The molecule has 0 radical (unpaired) electrons. The van der Waals surface area contributed by atoms with E-state index >= 15 is 0 Å². The molecule has 74 valence electrons. The molecule has 2 nitrogen and oxygen atoms in total. The molecule has 4 atom stereocenters. The maximum Gasteiger partial charge on any atom is 0.307 e. The molecule has 1 fully saturated rings.